The van der Waals surface area contributed by atoms with E-state index >= 15 is 0 Å². The summed E-state index contributed by atoms with van der Waals surface area (Å²) in [5.74, 6) is 0. The largest absolute Gasteiger partial charge is 0.416 e. The van der Waals surface area contributed by atoms with E-state index in [9.17, 15) is 18.3 Å². The Balaban J connectivity index is 2.37. The average Bonchev–Trinajstić information content (AvgIpc) is 2.25. The van der Waals surface area contributed by atoms with E-state index in [0.29, 0.717) is 24.0 Å². The summed E-state index contributed by atoms with van der Waals surface area (Å²) in [6.45, 7) is 5.33. The third kappa shape index (κ3) is 2.99. The second-order valence-corrected chi connectivity index (χ2v) is 5.72. The van der Waals surface area contributed by atoms with Crippen molar-refractivity contribution in [1.82, 2.24) is 0 Å². The van der Waals surface area contributed by atoms with Gasteiger partial charge in [-0.1, -0.05) is 6.07 Å². The Morgan fingerprint density at radius 3 is 2.20 bits per heavy atom. The maximum atomic E-state index is 12.7. The van der Waals surface area contributed by atoms with Gasteiger partial charge >= 0.3 is 6.18 Å². The minimum absolute atomic E-state index is 0.120. The summed E-state index contributed by atoms with van der Waals surface area (Å²) < 4.78 is 43.6. The highest BCUT2D eigenvalue weighted by atomic mass is 19.4. The molecular weight excluding hydrogens is 269 g/mol. The third-order valence-corrected chi connectivity index (χ3v) is 3.77. The van der Waals surface area contributed by atoms with Gasteiger partial charge < -0.3 is 9.84 Å². The molecule has 0 spiro atoms. The number of hydrogen-bond acceptors (Lipinski definition) is 2. The van der Waals surface area contributed by atoms with E-state index in [4.69, 9.17) is 4.74 Å². The molecule has 2 nitrogen and oxygen atoms in total. The second kappa shape index (κ2) is 5.04. The van der Waals surface area contributed by atoms with Crippen molar-refractivity contribution in [3.05, 3.63) is 34.9 Å². The van der Waals surface area contributed by atoms with Gasteiger partial charge in [0.1, 0.15) is 0 Å². The minimum atomic E-state index is -4.36. The van der Waals surface area contributed by atoms with Gasteiger partial charge in [0.25, 0.3) is 0 Å². The van der Waals surface area contributed by atoms with Crippen LogP contribution in [0.1, 0.15) is 43.4 Å². The Morgan fingerprint density at radius 2 is 1.75 bits per heavy atom. The zero-order chi connectivity index (χ0) is 15.1. The van der Waals surface area contributed by atoms with E-state index in [-0.39, 0.29) is 12.2 Å². The molecule has 0 radical (unpaired) electrons. The molecule has 2 atom stereocenters. The molecule has 1 N–H and O–H groups in total. The van der Waals surface area contributed by atoms with Crippen molar-refractivity contribution in [1.29, 1.82) is 0 Å². The number of aryl methyl sites for hydroxylation is 1. The summed E-state index contributed by atoms with van der Waals surface area (Å²) in [6, 6.07) is 3.52. The van der Waals surface area contributed by atoms with Crippen LogP contribution in [0, 0.1) is 6.92 Å². The molecule has 112 valence electrons. The van der Waals surface area contributed by atoms with Crippen LogP contribution in [0.5, 0.6) is 0 Å². The molecular formula is C15H19F3O2. The van der Waals surface area contributed by atoms with Gasteiger partial charge in [-0.05, 0) is 44.0 Å². The van der Waals surface area contributed by atoms with Crippen LogP contribution in [-0.4, -0.2) is 17.3 Å². The van der Waals surface area contributed by atoms with Crippen molar-refractivity contribution >= 4 is 0 Å². The topological polar surface area (TPSA) is 29.5 Å². The van der Waals surface area contributed by atoms with E-state index in [1.165, 1.54) is 6.07 Å². The van der Waals surface area contributed by atoms with Gasteiger partial charge in [-0.3, -0.25) is 0 Å². The normalized spacial score (nSPS) is 31.4. The molecule has 0 aromatic heterocycles. The Kier molecular flexibility index (Phi) is 3.86. The molecule has 1 aliphatic heterocycles. The highest BCUT2D eigenvalue weighted by molar-refractivity contribution is 5.36. The van der Waals surface area contributed by atoms with Crippen molar-refractivity contribution in [2.45, 2.75) is 57.6 Å². The van der Waals surface area contributed by atoms with E-state index in [0.717, 1.165) is 12.1 Å². The van der Waals surface area contributed by atoms with E-state index in [1.54, 1.807) is 6.92 Å². The molecule has 20 heavy (non-hydrogen) atoms. The summed E-state index contributed by atoms with van der Waals surface area (Å²) >= 11 is 0. The van der Waals surface area contributed by atoms with E-state index in [2.05, 4.69) is 0 Å². The molecule has 1 fully saturated rings. The predicted molar refractivity (Wildman–Crippen MR) is 69.3 cm³/mol. The summed E-state index contributed by atoms with van der Waals surface area (Å²) in [6.07, 6.45) is -3.81. The van der Waals surface area contributed by atoms with Gasteiger partial charge in [-0.15, -0.1) is 0 Å². The number of aliphatic hydroxyl groups is 1. The SMILES string of the molecule is Cc1cc(C(F)(F)F)ccc1C1(O)CC(C)OC(C)C1. The van der Waals surface area contributed by atoms with Crippen LogP contribution >= 0.6 is 0 Å². The molecule has 0 bridgehead atoms. The van der Waals surface area contributed by atoms with Crippen LogP contribution in [0.4, 0.5) is 13.2 Å². The molecule has 2 rings (SSSR count). The number of hydrogen-bond donors (Lipinski definition) is 1. The molecule has 5 heteroatoms. The van der Waals surface area contributed by atoms with Gasteiger partial charge in [0.15, 0.2) is 0 Å². The van der Waals surface area contributed by atoms with E-state index in [1.807, 2.05) is 13.8 Å². The lowest BCUT2D eigenvalue weighted by atomic mass is 9.79. The van der Waals surface area contributed by atoms with Crippen LogP contribution in [0.2, 0.25) is 0 Å². The molecule has 1 aromatic rings. The molecule has 1 aliphatic rings. The Labute approximate surface area is 116 Å². The Morgan fingerprint density at radius 1 is 1.20 bits per heavy atom. The standard InChI is InChI=1S/C15H19F3O2/c1-9-6-12(15(16,17)18)4-5-13(9)14(19)7-10(2)20-11(3)8-14/h4-6,10-11,19H,7-8H2,1-3H3. The molecule has 0 saturated carbocycles. The van der Waals surface area contributed by atoms with Gasteiger partial charge in [0.2, 0.25) is 0 Å². The first-order valence-corrected chi connectivity index (χ1v) is 6.68. The smallest absolute Gasteiger partial charge is 0.385 e. The monoisotopic (exact) mass is 288 g/mol. The highest BCUT2D eigenvalue weighted by Gasteiger charge is 2.40. The number of benzene rings is 1. The number of alkyl halides is 3. The number of rotatable bonds is 1. The maximum absolute atomic E-state index is 12.7. The molecule has 1 heterocycles. The van der Waals surface area contributed by atoms with Gasteiger partial charge in [-0.2, -0.15) is 13.2 Å². The molecule has 0 amide bonds. The van der Waals surface area contributed by atoms with Crippen LogP contribution in [0.3, 0.4) is 0 Å². The van der Waals surface area contributed by atoms with Crippen LogP contribution < -0.4 is 0 Å². The zero-order valence-electron chi connectivity index (χ0n) is 11.8. The quantitative estimate of drug-likeness (QED) is 0.852. The van der Waals surface area contributed by atoms with E-state index < -0.39 is 17.3 Å². The lowest BCUT2D eigenvalue weighted by molar-refractivity contribution is -0.139. The van der Waals surface area contributed by atoms with Crippen molar-refractivity contribution in [2.75, 3.05) is 0 Å². The number of halogens is 3. The van der Waals surface area contributed by atoms with Crippen molar-refractivity contribution in [3.63, 3.8) is 0 Å². The first-order chi connectivity index (χ1) is 9.12. The summed E-state index contributed by atoms with van der Waals surface area (Å²) in [7, 11) is 0. The minimum Gasteiger partial charge on any atom is -0.385 e. The summed E-state index contributed by atoms with van der Waals surface area (Å²) in [5.41, 5.74) is -0.780. The first kappa shape index (κ1) is 15.3. The fourth-order valence-corrected chi connectivity index (χ4v) is 3.11. The lowest BCUT2D eigenvalue weighted by Gasteiger charge is -2.40. The number of ether oxygens (including phenoxy) is 1. The fraction of sp³-hybridized carbons (Fsp3) is 0.600. The van der Waals surface area contributed by atoms with Crippen molar-refractivity contribution in [2.24, 2.45) is 0 Å². The van der Waals surface area contributed by atoms with Crippen molar-refractivity contribution in [3.8, 4) is 0 Å². The molecule has 1 saturated heterocycles. The summed E-state index contributed by atoms with van der Waals surface area (Å²) in [5, 5.41) is 10.8. The first-order valence-electron chi connectivity index (χ1n) is 6.68. The predicted octanol–water partition coefficient (Wildman–Crippen LogP) is 3.79. The van der Waals surface area contributed by atoms with Gasteiger partial charge in [0, 0.05) is 12.8 Å². The average molecular weight is 288 g/mol. The lowest BCUT2D eigenvalue weighted by Crippen LogP contribution is -2.41. The molecule has 1 aromatic carbocycles. The van der Waals surface area contributed by atoms with Crippen LogP contribution in [-0.2, 0) is 16.5 Å². The summed E-state index contributed by atoms with van der Waals surface area (Å²) in [4.78, 5) is 0. The molecule has 2 unspecified atom stereocenters. The highest BCUT2D eigenvalue weighted by Crippen LogP contribution is 2.40. The fourth-order valence-electron chi connectivity index (χ4n) is 3.11. The maximum Gasteiger partial charge on any atom is 0.416 e. The van der Waals surface area contributed by atoms with Gasteiger partial charge in [0.05, 0.1) is 23.4 Å². The Hall–Kier alpha value is -1.07. The van der Waals surface area contributed by atoms with Crippen molar-refractivity contribution < 1.29 is 23.0 Å². The van der Waals surface area contributed by atoms with Crippen LogP contribution in [0.25, 0.3) is 0 Å². The molecule has 0 aliphatic carbocycles. The second-order valence-electron chi connectivity index (χ2n) is 5.72. The Bertz CT molecular complexity index is 486. The zero-order valence-corrected chi connectivity index (χ0v) is 11.8. The third-order valence-electron chi connectivity index (χ3n) is 3.77. The van der Waals surface area contributed by atoms with Gasteiger partial charge in [-0.25, -0.2) is 0 Å². The van der Waals surface area contributed by atoms with Crippen LogP contribution in [0.15, 0.2) is 18.2 Å².